The van der Waals surface area contributed by atoms with E-state index in [4.69, 9.17) is 37.9 Å². The summed E-state index contributed by atoms with van der Waals surface area (Å²) in [4.78, 5) is 39.2. The summed E-state index contributed by atoms with van der Waals surface area (Å²) in [5, 5.41) is 33.9. The normalized spacial score (nSPS) is 30.7. The van der Waals surface area contributed by atoms with Crippen LogP contribution in [0.15, 0.2) is 60.4 Å². The minimum atomic E-state index is -2.29. The fourth-order valence-corrected chi connectivity index (χ4v) is 7.33. The average molecular weight is 863 g/mol. The van der Waals surface area contributed by atoms with E-state index < -0.39 is 72.5 Å². The predicted octanol–water partition coefficient (Wildman–Crippen LogP) is 6.85. The molecule has 2 fully saturated rings. The Morgan fingerprint density at radius 2 is 1.69 bits per heavy atom. The molecule has 14 nitrogen and oxygen atoms in total. The fourth-order valence-electron chi connectivity index (χ4n) is 7.33. The van der Waals surface area contributed by atoms with Crippen LogP contribution in [-0.4, -0.2) is 115 Å². The van der Waals surface area contributed by atoms with Crippen LogP contribution in [0.2, 0.25) is 0 Å². The van der Waals surface area contributed by atoms with Gasteiger partial charge >= 0.3 is 17.9 Å². The van der Waals surface area contributed by atoms with Crippen LogP contribution in [-0.2, 0) is 52.3 Å². The quantitative estimate of drug-likeness (QED) is 0.0411. The maximum absolute atomic E-state index is 13.5. The number of aliphatic hydroxyl groups is 3. The van der Waals surface area contributed by atoms with Gasteiger partial charge in [-0.2, -0.15) is 0 Å². The summed E-state index contributed by atoms with van der Waals surface area (Å²) in [7, 11) is 1.22. The van der Waals surface area contributed by atoms with Crippen LogP contribution in [0.25, 0.3) is 0 Å². The molecule has 0 aliphatic carbocycles. The number of rotatable bonds is 14. The molecular formula is C47H74O14. The minimum absolute atomic E-state index is 0.0235. The van der Waals surface area contributed by atoms with Crippen LogP contribution in [0.3, 0.4) is 0 Å². The van der Waals surface area contributed by atoms with Crippen molar-refractivity contribution >= 4 is 17.9 Å². The SMILES string of the molecule is C=C1C[C@H](O)CCOCC[C@@H]2C[C@H](CC(=O)OC/C=C/C=C/C(C)(C)C)O[C@H](/C=C/C(C)(C)[C@]3(O)OC(C/C(=C\C(=O)OC)[C@@H]3OC(=O)CCCCCCC)C[C@H](CO)O1)O2. The zero-order valence-corrected chi connectivity index (χ0v) is 37.6. The molecular weight excluding hydrogens is 789 g/mol. The van der Waals surface area contributed by atoms with Crippen molar-refractivity contribution in [3.8, 4) is 0 Å². The second kappa shape index (κ2) is 25.7. The lowest BCUT2D eigenvalue weighted by Crippen LogP contribution is -2.62. The second-order valence-electron chi connectivity index (χ2n) is 17.9. The molecule has 14 heteroatoms. The lowest BCUT2D eigenvalue weighted by atomic mass is 9.74. The number of fused-ring (bicyclic) bond motifs is 4. The Morgan fingerprint density at radius 1 is 0.967 bits per heavy atom. The number of ether oxygens (including phenoxy) is 8. The number of methoxy groups -OCH3 is 1. The summed E-state index contributed by atoms with van der Waals surface area (Å²) in [6.07, 6.45) is 11.9. The molecule has 0 saturated carbocycles. The van der Waals surface area contributed by atoms with E-state index in [2.05, 4.69) is 40.3 Å². The molecule has 2 saturated heterocycles. The van der Waals surface area contributed by atoms with Crippen LogP contribution in [0.1, 0.15) is 125 Å². The first-order valence-corrected chi connectivity index (χ1v) is 22.0. The molecule has 0 aromatic heterocycles. The van der Waals surface area contributed by atoms with Crippen LogP contribution in [0, 0.1) is 10.8 Å². The number of esters is 3. The van der Waals surface area contributed by atoms with Gasteiger partial charge in [0, 0.05) is 50.4 Å². The molecule has 0 radical (unpaired) electrons. The molecule has 8 atom stereocenters. The molecule has 61 heavy (non-hydrogen) atoms. The summed E-state index contributed by atoms with van der Waals surface area (Å²) in [5.41, 5.74) is -1.09. The smallest absolute Gasteiger partial charge is 0.330 e. The van der Waals surface area contributed by atoms with Gasteiger partial charge in [0.05, 0.1) is 50.3 Å². The molecule has 3 aliphatic heterocycles. The molecule has 3 heterocycles. The third-order valence-corrected chi connectivity index (χ3v) is 10.8. The van der Waals surface area contributed by atoms with Gasteiger partial charge in [0.1, 0.15) is 12.7 Å². The lowest BCUT2D eigenvalue weighted by molar-refractivity contribution is -0.327. The van der Waals surface area contributed by atoms with Crippen LogP contribution in [0.4, 0.5) is 0 Å². The first-order valence-electron chi connectivity index (χ1n) is 22.0. The third-order valence-electron chi connectivity index (χ3n) is 10.8. The highest BCUT2D eigenvalue weighted by Crippen LogP contribution is 2.47. The molecule has 0 aromatic carbocycles. The molecule has 3 N–H and O–H groups in total. The first-order chi connectivity index (χ1) is 28.9. The van der Waals surface area contributed by atoms with E-state index in [1.165, 1.54) is 13.2 Å². The molecule has 0 amide bonds. The number of carbonyl (C=O) groups is 3. The highest BCUT2D eigenvalue weighted by atomic mass is 16.7. The Bertz CT molecular complexity index is 1510. The Hall–Kier alpha value is -3.37. The van der Waals surface area contributed by atoms with Crippen molar-refractivity contribution in [2.24, 2.45) is 10.8 Å². The molecule has 346 valence electrons. The number of unbranched alkanes of at least 4 members (excludes halogenated alkanes) is 4. The number of hydrogen-bond donors (Lipinski definition) is 3. The Morgan fingerprint density at radius 3 is 2.39 bits per heavy atom. The number of allylic oxidation sites excluding steroid dienone is 3. The standard InChI is InChI=1S/C47H74O14/c1-9-10-11-12-14-17-40(50)60-44-34(28-41(51)54-8)27-38-30-39(32-48)57-33(2)26-35(49)19-24-55-25-20-36-29-37(31-42(52)56-23-16-13-15-21-45(3,4)5)59-43(58-36)18-22-46(6,7)47(44,53)61-38/h13,15-16,18,21-22,28,35-39,43-44,48-49,53H,2,9-12,14,17,19-20,23-27,29-32H2,1,3-8H3/b16-13+,21-15+,22-18+,34-28+/t35-,36-,37-,38?,39-,43-,44+,47-/m1/s1. The summed E-state index contributed by atoms with van der Waals surface area (Å²) in [6.45, 7) is 16.0. The second-order valence-corrected chi connectivity index (χ2v) is 17.9. The lowest BCUT2D eigenvalue weighted by Gasteiger charge is -2.51. The predicted molar refractivity (Wildman–Crippen MR) is 229 cm³/mol. The van der Waals surface area contributed by atoms with Gasteiger partial charge < -0.3 is 53.2 Å². The fraction of sp³-hybridized carbons (Fsp3) is 0.723. The highest BCUT2D eigenvalue weighted by molar-refractivity contribution is 5.83. The van der Waals surface area contributed by atoms with Gasteiger partial charge in [0.25, 0.3) is 0 Å². The Labute approximate surface area is 363 Å². The Kier molecular flexibility index (Phi) is 21.9. The van der Waals surface area contributed by atoms with Gasteiger partial charge in [-0.1, -0.05) is 98.1 Å². The van der Waals surface area contributed by atoms with Gasteiger partial charge in [0.15, 0.2) is 12.4 Å². The van der Waals surface area contributed by atoms with Crippen molar-refractivity contribution in [2.45, 2.75) is 174 Å². The van der Waals surface area contributed by atoms with Crippen molar-refractivity contribution in [3.63, 3.8) is 0 Å². The molecule has 3 rings (SSSR count). The van der Waals surface area contributed by atoms with Crippen molar-refractivity contribution in [3.05, 3.63) is 60.4 Å². The van der Waals surface area contributed by atoms with Crippen molar-refractivity contribution in [1.82, 2.24) is 0 Å². The largest absolute Gasteiger partial charge is 0.493 e. The van der Waals surface area contributed by atoms with E-state index in [0.29, 0.717) is 32.3 Å². The van der Waals surface area contributed by atoms with Crippen molar-refractivity contribution in [2.75, 3.05) is 33.5 Å². The first kappa shape index (κ1) is 52.0. The number of carbonyl (C=O) groups excluding carboxylic acids is 3. The molecule has 1 unspecified atom stereocenters. The van der Waals surface area contributed by atoms with Gasteiger partial charge in [0.2, 0.25) is 5.79 Å². The van der Waals surface area contributed by atoms with Crippen molar-refractivity contribution in [1.29, 1.82) is 0 Å². The zero-order chi connectivity index (χ0) is 45.1. The maximum Gasteiger partial charge on any atom is 0.330 e. The van der Waals surface area contributed by atoms with Gasteiger partial charge in [-0.05, 0) is 48.8 Å². The molecule has 4 bridgehead atoms. The molecule has 0 spiro atoms. The van der Waals surface area contributed by atoms with E-state index in [0.717, 1.165) is 25.7 Å². The summed E-state index contributed by atoms with van der Waals surface area (Å²) in [6, 6.07) is 0. The van der Waals surface area contributed by atoms with Gasteiger partial charge in [-0.25, -0.2) is 4.79 Å². The van der Waals surface area contributed by atoms with Gasteiger partial charge in [-0.3, -0.25) is 9.59 Å². The summed E-state index contributed by atoms with van der Waals surface area (Å²) in [5.74, 6) is -3.78. The zero-order valence-electron chi connectivity index (χ0n) is 37.6. The third kappa shape index (κ3) is 18.5. The maximum atomic E-state index is 13.5. The van der Waals surface area contributed by atoms with E-state index in [9.17, 15) is 29.7 Å². The van der Waals surface area contributed by atoms with Crippen LogP contribution < -0.4 is 0 Å². The van der Waals surface area contributed by atoms with E-state index >= 15 is 0 Å². The summed E-state index contributed by atoms with van der Waals surface area (Å²) >= 11 is 0. The molecule has 3 aliphatic rings. The van der Waals surface area contributed by atoms with E-state index in [1.807, 2.05) is 12.2 Å². The van der Waals surface area contributed by atoms with E-state index in [1.54, 1.807) is 32.1 Å². The Balaban J connectivity index is 1.98. The monoisotopic (exact) mass is 863 g/mol. The highest BCUT2D eigenvalue weighted by Gasteiger charge is 2.57. The topological polar surface area (TPSA) is 186 Å². The minimum Gasteiger partial charge on any atom is -0.493 e. The molecule has 0 aromatic rings. The van der Waals surface area contributed by atoms with Crippen LogP contribution in [0.5, 0.6) is 0 Å². The average Bonchev–Trinajstić information content (AvgIpc) is 3.18. The number of hydrogen-bond acceptors (Lipinski definition) is 14. The van der Waals surface area contributed by atoms with Crippen molar-refractivity contribution < 1.29 is 67.6 Å². The van der Waals surface area contributed by atoms with Crippen LogP contribution >= 0.6 is 0 Å². The number of aliphatic hydroxyl groups excluding tert-OH is 2. The van der Waals surface area contributed by atoms with E-state index in [-0.39, 0.29) is 68.2 Å². The van der Waals surface area contributed by atoms with Gasteiger partial charge in [-0.15, -0.1) is 0 Å². The summed E-state index contributed by atoms with van der Waals surface area (Å²) < 4.78 is 47.5.